The molecule has 0 amide bonds. The van der Waals surface area contributed by atoms with Crippen LogP contribution in [0.1, 0.15) is 105 Å². The molecule has 0 saturated carbocycles. The number of hydrogen-bond acceptors (Lipinski definition) is 0. The zero-order chi connectivity index (χ0) is 49.3. The minimum Gasteiger partial charge on any atom is -0.309 e. The van der Waals surface area contributed by atoms with Crippen LogP contribution in [0.15, 0.2) is 164 Å². The fourth-order valence-corrected chi connectivity index (χ4v) is 11.9. The van der Waals surface area contributed by atoms with E-state index >= 15 is 0 Å². The van der Waals surface area contributed by atoms with Crippen LogP contribution in [0.25, 0.3) is 115 Å². The van der Waals surface area contributed by atoms with E-state index in [4.69, 9.17) is 0 Å². The van der Waals surface area contributed by atoms with E-state index in [-0.39, 0.29) is 21.7 Å². The molecule has 0 aliphatic carbocycles. The predicted molar refractivity (Wildman–Crippen MR) is 308 cm³/mol. The number of rotatable bonds is 3. The van der Waals surface area contributed by atoms with Gasteiger partial charge in [0.2, 0.25) is 0 Å². The fourth-order valence-electron chi connectivity index (χ4n) is 11.9. The van der Waals surface area contributed by atoms with Crippen LogP contribution >= 0.6 is 0 Å². The van der Waals surface area contributed by atoms with Crippen molar-refractivity contribution >= 4 is 97.7 Å². The van der Waals surface area contributed by atoms with Gasteiger partial charge in [-0.3, -0.25) is 0 Å². The van der Waals surface area contributed by atoms with Gasteiger partial charge in [0.15, 0.2) is 0 Å². The number of benzene rings is 10. The summed E-state index contributed by atoms with van der Waals surface area (Å²) in [6.07, 6.45) is 0. The zero-order valence-corrected chi connectivity index (χ0v) is 43.4. The normalized spacial score (nSPS) is 13.4. The molecule has 3 heterocycles. The van der Waals surface area contributed by atoms with Crippen LogP contribution < -0.4 is 0 Å². The number of aromatic nitrogens is 3. The van der Waals surface area contributed by atoms with E-state index in [0.29, 0.717) is 0 Å². The van der Waals surface area contributed by atoms with Crippen LogP contribution in [-0.4, -0.2) is 13.7 Å². The maximum atomic E-state index is 2.51. The van der Waals surface area contributed by atoms with E-state index in [1.807, 2.05) is 0 Å². The molecule has 3 aromatic heterocycles. The molecule has 0 atom stereocenters. The first kappa shape index (κ1) is 43.6. The lowest BCUT2D eigenvalue weighted by Gasteiger charge is -2.19. The van der Waals surface area contributed by atoms with Crippen molar-refractivity contribution in [3.63, 3.8) is 0 Å². The highest BCUT2D eigenvalue weighted by molar-refractivity contribution is 6.24. The van der Waals surface area contributed by atoms with Crippen molar-refractivity contribution in [1.29, 1.82) is 0 Å². The van der Waals surface area contributed by atoms with E-state index in [9.17, 15) is 0 Å². The molecular formula is C68H63N3. The SMILES string of the molecule is CC(C)(C)c1ccc2c(c1)c1cc(C(C)(C)C)ccc1n2-c1ccc2c(c1)c1cc(-n3c4ccc(C(C)(C)C)cc4c4cc(C(C)(C)C)ccc43)ccc1n2-c1cc2ccc3cccc4ccc(c1)c2c34. The molecule has 3 nitrogen and oxygen atoms in total. The molecule has 0 bridgehead atoms. The van der Waals surface area contributed by atoms with Gasteiger partial charge in [-0.15, -0.1) is 0 Å². The van der Waals surface area contributed by atoms with Crippen molar-refractivity contribution in [2.45, 2.75) is 105 Å². The molecule has 0 aliphatic rings. The van der Waals surface area contributed by atoms with Gasteiger partial charge in [-0.25, -0.2) is 0 Å². The molecular weight excluding hydrogens is 859 g/mol. The summed E-state index contributed by atoms with van der Waals surface area (Å²) in [5.41, 5.74) is 16.2. The Morgan fingerprint density at radius 3 is 0.831 bits per heavy atom. The smallest absolute Gasteiger partial charge is 0.0542 e. The van der Waals surface area contributed by atoms with Crippen molar-refractivity contribution in [1.82, 2.24) is 13.7 Å². The average molecular weight is 922 g/mol. The molecule has 0 radical (unpaired) electrons. The summed E-state index contributed by atoms with van der Waals surface area (Å²) in [6.45, 7) is 27.8. The molecule has 10 aromatic carbocycles. The average Bonchev–Trinajstić information content (AvgIpc) is 3.96. The van der Waals surface area contributed by atoms with Crippen LogP contribution in [-0.2, 0) is 21.7 Å². The van der Waals surface area contributed by atoms with Gasteiger partial charge in [-0.05, 0) is 173 Å². The van der Waals surface area contributed by atoms with E-state index in [0.717, 1.165) is 11.4 Å². The van der Waals surface area contributed by atoms with Gasteiger partial charge < -0.3 is 13.7 Å². The maximum Gasteiger partial charge on any atom is 0.0542 e. The second kappa shape index (κ2) is 14.6. The summed E-state index contributed by atoms with van der Waals surface area (Å²) in [4.78, 5) is 0. The van der Waals surface area contributed by atoms with Crippen molar-refractivity contribution < 1.29 is 0 Å². The van der Waals surface area contributed by atoms with Gasteiger partial charge in [-0.2, -0.15) is 0 Å². The first-order valence-corrected chi connectivity index (χ1v) is 25.7. The lowest BCUT2D eigenvalue weighted by molar-refractivity contribution is 0.590. The molecule has 3 heteroatoms. The highest BCUT2D eigenvalue weighted by atomic mass is 15.0. The van der Waals surface area contributed by atoms with Crippen molar-refractivity contribution in [3.8, 4) is 17.1 Å². The van der Waals surface area contributed by atoms with E-state index < -0.39 is 0 Å². The van der Waals surface area contributed by atoms with Gasteiger partial charge in [0.1, 0.15) is 0 Å². The van der Waals surface area contributed by atoms with E-state index in [2.05, 4.69) is 261 Å². The Hall–Kier alpha value is -7.36. The minimum atomic E-state index is 0.0231. The summed E-state index contributed by atoms with van der Waals surface area (Å²) in [6, 6.07) is 63.7. The molecule has 0 saturated heterocycles. The quantitative estimate of drug-likeness (QED) is 0.157. The standard InChI is InChI=1S/C68H63N3/c1-65(2,3)44-20-26-57-51(34-44)52-35-45(66(4,5)6)21-27-58(52)69(57)48-24-30-61-55(38-48)56-39-49(70-59-28-22-46(67(7,8)9)36-53(59)54-37-47(68(10,11)12)23-29-60(54)70)25-31-62(56)71(61)50-32-42-18-16-40-14-13-15-41-17-19-43(33-50)64(42)63(40)41/h13-39H,1-12H3. The fraction of sp³-hybridized carbons (Fsp3) is 0.235. The summed E-state index contributed by atoms with van der Waals surface area (Å²) >= 11 is 0. The van der Waals surface area contributed by atoms with Crippen molar-refractivity contribution in [2.75, 3.05) is 0 Å². The summed E-state index contributed by atoms with van der Waals surface area (Å²) in [5, 5.41) is 15.4. The first-order chi connectivity index (χ1) is 33.7. The topological polar surface area (TPSA) is 14.8 Å². The highest BCUT2D eigenvalue weighted by Crippen LogP contribution is 2.44. The molecule has 0 unspecified atom stereocenters. The molecule has 71 heavy (non-hydrogen) atoms. The second-order valence-corrected chi connectivity index (χ2v) is 24.8. The molecule has 0 N–H and O–H groups in total. The lowest BCUT2D eigenvalue weighted by atomic mass is 9.85. The molecule has 0 fully saturated rings. The Morgan fingerprint density at radius 1 is 0.239 bits per heavy atom. The number of nitrogens with zero attached hydrogens (tertiary/aromatic N) is 3. The Bertz CT molecular complexity index is 3950. The number of fused-ring (bicyclic) bond motifs is 9. The van der Waals surface area contributed by atoms with Crippen molar-refractivity contribution in [3.05, 3.63) is 186 Å². The summed E-state index contributed by atoms with van der Waals surface area (Å²) in [5.74, 6) is 0. The van der Waals surface area contributed by atoms with Gasteiger partial charge >= 0.3 is 0 Å². The number of hydrogen-bond donors (Lipinski definition) is 0. The minimum absolute atomic E-state index is 0.0231. The van der Waals surface area contributed by atoms with Gasteiger partial charge in [-0.1, -0.05) is 150 Å². The van der Waals surface area contributed by atoms with Crippen molar-refractivity contribution in [2.24, 2.45) is 0 Å². The third-order valence-corrected chi connectivity index (χ3v) is 15.9. The Morgan fingerprint density at radius 2 is 0.507 bits per heavy atom. The molecule has 350 valence electrons. The second-order valence-electron chi connectivity index (χ2n) is 24.8. The first-order valence-electron chi connectivity index (χ1n) is 25.7. The van der Waals surface area contributed by atoms with E-state index in [1.165, 1.54) is 126 Å². The predicted octanol–water partition coefficient (Wildman–Crippen LogP) is 19.1. The van der Waals surface area contributed by atoms with Crippen LogP contribution in [0.5, 0.6) is 0 Å². The maximum absolute atomic E-state index is 2.51. The van der Waals surface area contributed by atoms with E-state index in [1.54, 1.807) is 0 Å². The third kappa shape index (κ3) is 6.61. The van der Waals surface area contributed by atoms with Gasteiger partial charge in [0.25, 0.3) is 0 Å². The summed E-state index contributed by atoms with van der Waals surface area (Å²) in [7, 11) is 0. The van der Waals surface area contributed by atoms with Crippen LogP contribution in [0.2, 0.25) is 0 Å². The van der Waals surface area contributed by atoms with Crippen LogP contribution in [0.4, 0.5) is 0 Å². The molecule has 0 aliphatic heterocycles. The Labute approximate surface area is 417 Å². The monoisotopic (exact) mass is 922 g/mol. The Kier molecular flexibility index (Phi) is 8.98. The summed E-state index contributed by atoms with van der Waals surface area (Å²) < 4.78 is 7.54. The Balaban J connectivity index is 1.11. The molecule has 13 rings (SSSR count). The van der Waals surface area contributed by atoms with Crippen LogP contribution in [0.3, 0.4) is 0 Å². The van der Waals surface area contributed by atoms with Gasteiger partial charge in [0.05, 0.1) is 33.1 Å². The third-order valence-electron chi connectivity index (χ3n) is 15.9. The van der Waals surface area contributed by atoms with Crippen LogP contribution in [0, 0.1) is 0 Å². The largest absolute Gasteiger partial charge is 0.309 e. The molecule has 0 spiro atoms. The van der Waals surface area contributed by atoms with Gasteiger partial charge in [0, 0.05) is 49.4 Å². The lowest BCUT2D eigenvalue weighted by Crippen LogP contribution is -2.10. The molecule has 13 aromatic rings. The zero-order valence-electron chi connectivity index (χ0n) is 43.4. The highest BCUT2D eigenvalue weighted by Gasteiger charge is 2.25.